The quantitative estimate of drug-likeness (QED) is 0.827. The van der Waals surface area contributed by atoms with Crippen LogP contribution in [0.3, 0.4) is 0 Å². The second-order valence-corrected chi connectivity index (χ2v) is 7.91. The van der Waals surface area contributed by atoms with Gasteiger partial charge in [0.1, 0.15) is 4.90 Å². The van der Waals surface area contributed by atoms with E-state index >= 15 is 0 Å². The van der Waals surface area contributed by atoms with Gasteiger partial charge in [0, 0.05) is 4.47 Å². The van der Waals surface area contributed by atoms with Crippen molar-refractivity contribution in [3.8, 4) is 0 Å². The van der Waals surface area contributed by atoms with Crippen molar-refractivity contribution in [1.29, 1.82) is 0 Å². The standard InChI is InChI=1S/C12H11BrClNO3S2/c1-7-6-19-11(5-16)12(7)20(17,18)15-8-2-3-10(14)9(13)4-8/h2-4,6,15-16H,5H2,1H3. The molecule has 1 aromatic heterocycles. The number of aryl methyl sites for hydroxylation is 1. The third-order valence-corrected chi connectivity index (χ3v) is 6.62. The topological polar surface area (TPSA) is 66.4 Å². The minimum atomic E-state index is -3.74. The minimum Gasteiger partial charge on any atom is -0.391 e. The third kappa shape index (κ3) is 3.17. The van der Waals surface area contributed by atoms with Crippen molar-refractivity contribution < 1.29 is 13.5 Å². The second kappa shape index (κ2) is 6.03. The van der Waals surface area contributed by atoms with Crippen molar-refractivity contribution in [3.05, 3.63) is 43.5 Å². The predicted molar refractivity (Wildman–Crippen MR) is 84.9 cm³/mol. The monoisotopic (exact) mass is 395 g/mol. The van der Waals surface area contributed by atoms with E-state index in [1.54, 1.807) is 30.5 Å². The number of sulfonamides is 1. The lowest BCUT2D eigenvalue weighted by atomic mass is 10.3. The summed E-state index contributed by atoms with van der Waals surface area (Å²) in [6, 6.07) is 4.75. The van der Waals surface area contributed by atoms with Gasteiger partial charge in [0.15, 0.2) is 0 Å². The lowest BCUT2D eigenvalue weighted by molar-refractivity contribution is 0.282. The molecule has 0 aliphatic carbocycles. The summed E-state index contributed by atoms with van der Waals surface area (Å²) in [5.41, 5.74) is 1.01. The van der Waals surface area contributed by atoms with Gasteiger partial charge in [-0.3, -0.25) is 4.72 Å². The van der Waals surface area contributed by atoms with Gasteiger partial charge in [0.25, 0.3) is 10.0 Å². The maximum atomic E-state index is 12.4. The molecule has 0 aliphatic heterocycles. The molecule has 108 valence electrons. The molecular formula is C12H11BrClNO3S2. The number of rotatable bonds is 4. The van der Waals surface area contributed by atoms with Crippen LogP contribution in [0.1, 0.15) is 10.4 Å². The van der Waals surface area contributed by atoms with Crippen LogP contribution < -0.4 is 4.72 Å². The summed E-state index contributed by atoms with van der Waals surface area (Å²) in [7, 11) is -3.74. The summed E-state index contributed by atoms with van der Waals surface area (Å²) in [4.78, 5) is 0.555. The number of aliphatic hydroxyl groups excluding tert-OH is 1. The Kier molecular flexibility index (Phi) is 4.76. The van der Waals surface area contributed by atoms with Gasteiger partial charge >= 0.3 is 0 Å². The number of anilines is 1. The Bertz CT molecular complexity index is 743. The van der Waals surface area contributed by atoms with Gasteiger partial charge in [-0.2, -0.15) is 0 Å². The van der Waals surface area contributed by atoms with Gasteiger partial charge in [-0.1, -0.05) is 11.6 Å². The molecule has 0 spiro atoms. The van der Waals surface area contributed by atoms with Crippen LogP contribution in [0, 0.1) is 6.92 Å². The highest BCUT2D eigenvalue weighted by atomic mass is 79.9. The first kappa shape index (κ1) is 15.8. The summed E-state index contributed by atoms with van der Waals surface area (Å²) < 4.78 is 27.9. The number of aliphatic hydroxyl groups is 1. The summed E-state index contributed by atoms with van der Waals surface area (Å²) in [5, 5.41) is 11.4. The molecule has 0 atom stereocenters. The molecule has 20 heavy (non-hydrogen) atoms. The van der Waals surface area contributed by atoms with Crippen molar-refractivity contribution in [2.75, 3.05) is 4.72 Å². The van der Waals surface area contributed by atoms with Gasteiger partial charge in [0.2, 0.25) is 0 Å². The molecule has 1 aromatic carbocycles. The number of benzene rings is 1. The maximum absolute atomic E-state index is 12.4. The van der Waals surface area contributed by atoms with Gasteiger partial charge in [-0.15, -0.1) is 11.3 Å². The Balaban J connectivity index is 2.40. The SMILES string of the molecule is Cc1csc(CO)c1S(=O)(=O)Nc1ccc(Cl)c(Br)c1. The normalized spacial score (nSPS) is 11.6. The van der Waals surface area contributed by atoms with E-state index in [1.807, 2.05) is 0 Å². The van der Waals surface area contributed by atoms with E-state index in [2.05, 4.69) is 20.7 Å². The number of nitrogens with one attached hydrogen (secondary N) is 1. The number of hydrogen-bond donors (Lipinski definition) is 2. The van der Waals surface area contributed by atoms with Crippen LogP contribution in [0.2, 0.25) is 5.02 Å². The van der Waals surface area contributed by atoms with Gasteiger partial charge < -0.3 is 5.11 Å². The zero-order valence-corrected chi connectivity index (χ0v) is 14.3. The summed E-state index contributed by atoms with van der Waals surface area (Å²) in [5.74, 6) is 0. The highest BCUT2D eigenvalue weighted by Crippen LogP contribution is 2.30. The first-order valence-electron chi connectivity index (χ1n) is 5.51. The molecule has 2 rings (SSSR count). The van der Waals surface area contributed by atoms with Gasteiger partial charge in [-0.25, -0.2) is 8.42 Å². The highest BCUT2D eigenvalue weighted by Gasteiger charge is 2.22. The molecule has 0 saturated heterocycles. The maximum Gasteiger partial charge on any atom is 0.263 e. The fraction of sp³-hybridized carbons (Fsp3) is 0.167. The largest absolute Gasteiger partial charge is 0.391 e. The molecule has 2 N–H and O–H groups in total. The predicted octanol–water partition coefficient (Wildman–Crippen LogP) is 3.77. The first-order chi connectivity index (χ1) is 9.35. The molecule has 0 saturated carbocycles. The van der Waals surface area contributed by atoms with Crippen LogP contribution in [0.4, 0.5) is 5.69 Å². The smallest absolute Gasteiger partial charge is 0.263 e. The van der Waals surface area contributed by atoms with Crippen LogP contribution in [0.15, 0.2) is 32.9 Å². The minimum absolute atomic E-state index is 0.135. The Morgan fingerprint density at radius 2 is 2.15 bits per heavy atom. The lowest BCUT2D eigenvalue weighted by Crippen LogP contribution is -2.14. The molecule has 0 amide bonds. The molecular weight excluding hydrogens is 386 g/mol. The molecule has 0 bridgehead atoms. The number of halogens is 2. The average molecular weight is 397 g/mol. The summed E-state index contributed by atoms with van der Waals surface area (Å²) >= 11 is 10.3. The van der Waals surface area contributed by atoms with E-state index in [9.17, 15) is 13.5 Å². The number of hydrogen-bond acceptors (Lipinski definition) is 4. The second-order valence-electron chi connectivity index (χ2n) is 4.06. The van der Waals surface area contributed by atoms with Crippen molar-refractivity contribution >= 4 is 54.6 Å². The Labute approximate surface area is 134 Å². The molecule has 0 aliphatic rings. The van der Waals surface area contributed by atoms with Crippen molar-refractivity contribution in [1.82, 2.24) is 0 Å². The molecule has 1 heterocycles. The summed E-state index contributed by atoms with van der Waals surface area (Å²) in [6.45, 7) is 1.39. The molecule has 0 radical (unpaired) electrons. The summed E-state index contributed by atoms with van der Waals surface area (Å²) in [6.07, 6.45) is 0. The van der Waals surface area contributed by atoms with Crippen molar-refractivity contribution in [3.63, 3.8) is 0 Å². The Morgan fingerprint density at radius 3 is 2.75 bits per heavy atom. The number of thiophene rings is 1. The van der Waals surface area contributed by atoms with Crippen LogP contribution in [-0.2, 0) is 16.6 Å². The van der Waals surface area contributed by atoms with Crippen LogP contribution >= 0.6 is 38.9 Å². The zero-order chi connectivity index (χ0) is 14.9. The molecule has 8 heteroatoms. The van der Waals surface area contributed by atoms with Gasteiger partial charge in [0.05, 0.1) is 22.2 Å². The van der Waals surface area contributed by atoms with E-state index in [-0.39, 0.29) is 11.5 Å². The Morgan fingerprint density at radius 1 is 1.45 bits per heavy atom. The van der Waals surface area contributed by atoms with Crippen molar-refractivity contribution in [2.24, 2.45) is 0 Å². The molecule has 0 fully saturated rings. The van der Waals surface area contributed by atoms with E-state index in [1.165, 1.54) is 11.3 Å². The highest BCUT2D eigenvalue weighted by molar-refractivity contribution is 9.10. The molecule has 0 unspecified atom stereocenters. The fourth-order valence-corrected chi connectivity index (χ4v) is 4.93. The lowest BCUT2D eigenvalue weighted by Gasteiger charge is -2.10. The Hall–Kier alpha value is -0.600. The van der Waals surface area contributed by atoms with Crippen molar-refractivity contribution in [2.45, 2.75) is 18.4 Å². The van der Waals surface area contributed by atoms with E-state index in [0.717, 1.165) is 0 Å². The average Bonchev–Trinajstić information content (AvgIpc) is 2.75. The molecule has 4 nitrogen and oxygen atoms in total. The first-order valence-corrected chi connectivity index (χ1v) is 9.04. The van der Waals surface area contributed by atoms with Crippen LogP contribution in [-0.4, -0.2) is 13.5 Å². The van der Waals surface area contributed by atoms with Crippen LogP contribution in [0.5, 0.6) is 0 Å². The third-order valence-electron chi connectivity index (χ3n) is 2.57. The molecule has 2 aromatic rings. The van der Waals surface area contributed by atoms with Crippen LogP contribution in [0.25, 0.3) is 0 Å². The van der Waals surface area contributed by atoms with E-state index in [4.69, 9.17) is 11.6 Å². The van der Waals surface area contributed by atoms with E-state index < -0.39 is 10.0 Å². The van der Waals surface area contributed by atoms with E-state index in [0.29, 0.717) is 25.6 Å². The van der Waals surface area contributed by atoms with Gasteiger partial charge in [-0.05, 0) is 52.0 Å². The fourth-order valence-electron chi connectivity index (χ4n) is 1.72. The zero-order valence-electron chi connectivity index (χ0n) is 10.4.